The van der Waals surface area contributed by atoms with Crippen molar-refractivity contribution in [3.8, 4) is 11.5 Å². The van der Waals surface area contributed by atoms with Crippen LogP contribution in [0.1, 0.15) is 26.7 Å². The van der Waals surface area contributed by atoms with Gasteiger partial charge >= 0.3 is 11.4 Å². The minimum absolute atomic E-state index is 0.0314. The molecule has 1 aromatic rings. The predicted octanol–water partition coefficient (Wildman–Crippen LogP) is 1.64. The molecule has 0 aliphatic carbocycles. The minimum Gasteiger partial charge on any atom is -0.569 e. The highest BCUT2D eigenvalue weighted by Gasteiger charge is 2.32. The van der Waals surface area contributed by atoms with E-state index in [0.717, 1.165) is 11.1 Å². The van der Waals surface area contributed by atoms with E-state index in [4.69, 9.17) is 9.68 Å². The van der Waals surface area contributed by atoms with Gasteiger partial charge in [0.25, 0.3) is 0 Å². The summed E-state index contributed by atoms with van der Waals surface area (Å²) in [7, 11) is 0. The number of rotatable bonds is 11. The Morgan fingerprint density at radius 2 is 1.62 bits per heavy atom. The normalized spacial score (nSPS) is 16.7. The second kappa shape index (κ2) is 10.8. The van der Waals surface area contributed by atoms with Gasteiger partial charge in [-0.05, 0) is 26.7 Å². The molecule has 176 valence electrons. The van der Waals surface area contributed by atoms with Crippen LogP contribution >= 0.6 is 0 Å². The number of aliphatic hydroxyl groups excluding tert-OH is 1. The van der Waals surface area contributed by atoms with Crippen molar-refractivity contribution >= 4 is 11.4 Å². The molecule has 0 saturated carbocycles. The first-order valence-corrected chi connectivity index (χ1v) is 9.52. The van der Waals surface area contributed by atoms with Crippen molar-refractivity contribution in [1.29, 1.82) is 0 Å². The number of benzene rings is 1. The van der Waals surface area contributed by atoms with Crippen LogP contribution in [0.3, 0.4) is 0 Å². The zero-order valence-corrected chi connectivity index (χ0v) is 17.3. The number of aliphatic hydroxyl groups is 1. The number of nitro groups is 2. The summed E-state index contributed by atoms with van der Waals surface area (Å²) in [6.45, 7) is 3.86. The van der Waals surface area contributed by atoms with Crippen LogP contribution in [0, 0.1) is 30.6 Å². The molecule has 0 bridgehead atoms. The average molecular weight is 458 g/mol. The van der Waals surface area contributed by atoms with E-state index in [9.17, 15) is 35.7 Å². The summed E-state index contributed by atoms with van der Waals surface area (Å²) in [5, 5.41) is 64.8. The van der Waals surface area contributed by atoms with E-state index >= 15 is 0 Å². The molecule has 1 heterocycles. The van der Waals surface area contributed by atoms with Crippen molar-refractivity contribution in [1.82, 2.24) is 10.0 Å². The highest BCUT2D eigenvalue weighted by atomic mass is 16.7. The van der Waals surface area contributed by atoms with E-state index in [0.29, 0.717) is 18.9 Å². The number of hydrogen-bond donors (Lipinski definition) is 1. The number of hydrazine groups is 2. The molecule has 1 unspecified atom stereocenters. The average Bonchev–Trinajstić information content (AvgIpc) is 3.25. The van der Waals surface area contributed by atoms with Crippen molar-refractivity contribution in [2.45, 2.75) is 32.7 Å². The van der Waals surface area contributed by atoms with Crippen LogP contribution in [0.4, 0.5) is 11.4 Å². The number of hydrogen-bond acceptors (Lipinski definition) is 11. The van der Waals surface area contributed by atoms with Crippen LogP contribution in [0.2, 0.25) is 0 Å². The molecule has 0 aromatic heterocycles. The lowest BCUT2D eigenvalue weighted by atomic mass is 10.2. The van der Waals surface area contributed by atoms with E-state index < -0.39 is 38.8 Å². The second-order valence-electron chi connectivity index (χ2n) is 6.43. The van der Waals surface area contributed by atoms with Crippen LogP contribution in [0.15, 0.2) is 22.7 Å². The van der Waals surface area contributed by atoms with Gasteiger partial charge in [-0.25, -0.2) is 0 Å². The Morgan fingerprint density at radius 1 is 1.06 bits per heavy atom. The molecular weight excluding hydrogens is 436 g/mol. The Morgan fingerprint density at radius 3 is 2.12 bits per heavy atom. The number of nitrogens with zero attached hydrogens (tertiary/aromatic N) is 8. The Bertz CT molecular complexity index is 905. The van der Waals surface area contributed by atoms with E-state index in [1.165, 1.54) is 5.01 Å². The summed E-state index contributed by atoms with van der Waals surface area (Å²) >= 11 is 0. The minimum atomic E-state index is -0.976. The quantitative estimate of drug-likeness (QED) is 0.218. The molecule has 1 N–H and O–H groups in total. The highest BCUT2D eigenvalue weighted by Crippen LogP contribution is 2.39. The van der Waals surface area contributed by atoms with Crippen molar-refractivity contribution in [3.63, 3.8) is 0 Å². The van der Waals surface area contributed by atoms with E-state index in [1.54, 1.807) is 13.8 Å². The van der Waals surface area contributed by atoms with Gasteiger partial charge < -0.3 is 15.5 Å². The van der Waals surface area contributed by atoms with Crippen molar-refractivity contribution < 1.29 is 34.6 Å². The first-order chi connectivity index (χ1) is 15.2. The fraction of sp³-hybridized carbons (Fsp3) is 0.600. The summed E-state index contributed by atoms with van der Waals surface area (Å²) in [5.41, 5.74) is -1.73. The molecule has 0 spiro atoms. The molecular formula is C15H22N8O9. The summed E-state index contributed by atoms with van der Waals surface area (Å²) in [4.78, 5) is 30.5. The van der Waals surface area contributed by atoms with Crippen LogP contribution in [0.25, 0.3) is 0 Å². The molecule has 1 aromatic carbocycles. The van der Waals surface area contributed by atoms with Gasteiger partial charge in [-0.3, -0.25) is 29.9 Å². The maximum absolute atomic E-state index is 12.1. The molecule has 2 rings (SSSR count). The monoisotopic (exact) mass is 458 g/mol. The lowest BCUT2D eigenvalue weighted by Crippen LogP contribution is -2.37. The Labute approximate surface area is 180 Å². The molecule has 0 amide bonds. The molecule has 1 aliphatic heterocycles. The molecule has 32 heavy (non-hydrogen) atoms. The van der Waals surface area contributed by atoms with Crippen LogP contribution < -0.4 is 9.68 Å². The maximum atomic E-state index is 12.1. The largest absolute Gasteiger partial charge is 0.569 e. The van der Waals surface area contributed by atoms with E-state index in [-0.39, 0.29) is 36.2 Å². The van der Waals surface area contributed by atoms with Gasteiger partial charge in [0.05, 0.1) is 46.0 Å². The second-order valence-corrected chi connectivity index (χ2v) is 6.43. The molecule has 1 aliphatic rings. The fourth-order valence-electron chi connectivity index (χ4n) is 2.92. The standard InChI is InChI=1S/C15H22N8O9/c1-3-18(4-2)22(29)16-31-14-9-15(13(21(27)28)8-12(14)20(25)26)32-17-23(30)19-7-5-6-11(19)10-24/h8-9,11,24H,3-7,10H2,1-2H3/b22-16-,23-17-. The third-order valence-corrected chi connectivity index (χ3v) is 4.60. The first-order valence-electron chi connectivity index (χ1n) is 9.52. The van der Waals surface area contributed by atoms with Crippen molar-refractivity contribution in [2.75, 3.05) is 26.2 Å². The third-order valence-electron chi connectivity index (χ3n) is 4.60. The van der Waals surface area contributed by atoms with Gasteiger partial charge in [0.1, 0.15) is 12.1 Å². The Balaban J connectivity index is 2.40. The molecule has 0 radical (unpaired) electrons. The van der Waals surface area contributed by atoms with E-state index in [1.807, 2.05) is 0 Å². The highest BCUT2D eigenvalue weighted by molar-refractivity contribution is 5.61. The summed E-state index contributed by atoms with van der Waals surface area (Å²) in [6.07, 6.45) is 1.16. The van der Waals surface area contributed by atoms with E-state index in [2.05, 4.69) is 10.6 Å². The van der Waals surface area contributed by atoms with Gasteiger partial charge in [-0.15, -0.1) is 10.0 Å². The summed E-state index contributed by atoms with van der Waals surface area (Å²) in [5.74, 6) is -1.31. The Hall–Kier alpha value is -4.02. The first kappa shape index (κ1) is 24.3. The SMILES string of the molecule is CCN(CC)/[N+]([O-])=N/Oc1cc(O/N=[N+](\[O-])N2CCCC2CO)c([N+](=O)[O-])cc1[N+](=O)[O-]. The molecule has 1 atom stereocenters. The van der Waals surface area contributed by atoms with Crippen LogP contribution in [-0.2, 0) is 0 Å². The zero-order valence-electron chi connectivity index (χ0n) is 17.3. The molecule has 17 heteroatoms. The van der Waals surface area contributed by atoms with Gasteiger partial charge in [-0.2, -0.15) is 0 Å². The lowest BCUT2D eigenvalue weighted by molar-refractivity contribution is -0.711. The van der Waals surface area contributed by atoms with Crippen LogP contribution in [0.5, 0.6) is 11.5 Å². The Kier molecular flexibility index (Phi) is 8.22. The molecule has 17 nitrogen and oxygen atoms in total. The topological polar surface area (TPSA) is 208 Å². The summed E-state index contributed by atoms with van der Waals surface area (Å²) in [6, 6.07) is 0.761. The van der Waals surface area contributed by atoms with Crippen molar-refractivity contribution in [2.24, 2.45) is 10.6 Å². The van der Waals surface area contributed by atoms with Gasteiger partial charge in [-0.1, -0.05) is 0 Å². The van der Waals surface area contributed by atoms with Crippen molar-refractivity contribution in [3.05, 3.63) is 42.8 Å². The lowest BCUT2D eigenvalue weighted by Gasteiger charge is -2.17. The molecule has 1 fully saturated rings. The molecule has 1 saturated heterocycles. The summed E-state index contributed by atoms with van der Waals surface area (Å²) < 4.78 is 0. The van der Waals surface area contributed by atoms with Gasteiger partial charge in [0, 0.05) is 6.07 Å². The zero-order chi connectivity index (χ0) is 23.8. The maximum Gasteiger partial charge on any atom is 0.321 e. The van der Waals surface area contributed by atoms with Crippen LogP contribution in [-0.4, -0.2) is 67.2 Å². The fourth-order valence-corrected chi connectivity index (χ4v) is 2.92. The predicted molar refractivity (Wildman–Crippen MR) is 103 cm³/mol. The van der Waals surface area contributed by atoms with Gasteiger partial charge in [0.2, 0.25) is 22.1 Å². The number of nitro benzene ring substituents is 2. The third kappa shape index (κ3) is 5.56. The van der Waals surface area contributed by atoms with Gasteiger partial charge in [0.15, 0.2) is 0 Å². The smallest absolute Gasteiger partial charge is 0.321 e.